The predicted molar refractivity (Wildman–Crippen MR) is 80.6 cm³/mol. The number of benzene rings is 1. The summed E-state index contributed by atoms with van der Waals surface area (Å²) in [6.07, 6.45) is 5.14. The molecule has 0 N–H and O–H groups in total. The van der Waals surface area contributed by atoms with E-state index in [1.165, 1.54) is 24.3 Å². The SMILES string of the molecule is O=C(CCCS(=O)(=O)C1CCCCC1)c1ccc(F)cc1. The Bertz CT molecular complexity index is 572. The molecule has 0 unspecified atom stereocenters. The third-order valence-corrected chi connectivity index (χ3v) is 6.40. The number of hydrogen-bond donors (Lipinski definition) is 0. The predicted octanol–water partition coefficient (Wildman–Crippen LogP) is 3.54. The van der Waals surface area contributed by atoms with Crippen LogP contribution in [0.15, 0.2) is 24.3 Å². The highest BCUT2D eigenvalue weighted by molar-refractivity contribution is 7.92. The molecule has 0 heterocycles. The van der Waals surface area contributed by atoms with Crippen LogP contribution < -0.4 is 0 Å². The monoisotopic (exact) mass is 312 g/mol. The maximum Gasteiger partial charge on any atom is 0.162 e. The molecule has 1 aromatic rings. The number of ketones is 1. The third-order valence-electron chi connectivity index (χ3n) is 4.06. The third kappa shape index (κ3) is 4.63. The highest BCUT2D eigenvalue weighted by Crippen LogP contribution is 2.24. The minimum atomic E-state index is -3.08. The fraction of sp³-hybridized carbons (Fsp3) is 0.562. The van der Waals surface area contributed by atoms with Crippen LogP contribution in [0.3, 0.4) is 0 Å². The van der Waals surface area contributed by atoms with E-state index < -0.39 is 9.84 Å². The van der Waals surface area contributed by atoms with Crippen LogP contribution in [-0.4, -0.2) is 25.2 Å². The molecule has 0 aromatic heterocycles. The van der Waals surface area contributed by atoms with Gasteiger partial charge in [0.1, 0.15) is 5.82 Å². The van der Waals surface area contributed by atoms with Crippen LogP contribution in [0.1, 0.15) is 55.3 Å². The highest BCUT2D eigenvalue weighted by atomic mass is 32.2. The van der Waals surface area contributed by atoms with E-state index in [-0.39, 0.29) is 29.0 Å². The zero-order chi connectivity index (χ0) is 15.3. The van der Waals surface area contributed by atoms with Crippen LogP contribution in [0.2, 0.25) is 0 Å². The molecule has 3 nitrogen and oxygen atoms in total. The molecule has 5 heteroatoms. The Morgan fingerprint density at radius 2 is 1.71 bits per heavy atom. The van der Waals surface area contributed by atoms with Crippen molar-refractivity contribution in [3.63, 3.8) is 0 Å². The molecule has 0 amide bonds. The van der Waals surface area contributed by atoms with Crippen molar-refractivity contribution in [2.24, 2.45) is 0 Å². The van der Waals surface area contributed by atoms with E-state index in [4.69, 9.17) is 0 Å². The normalized spacial score (nSPS) is 16.8. The first-order valence-corrected chi connectivity index (χ1v) is 9.21. The second-order valence-electron chi connectivity index (χ2n) is 5.66. The molecular weight excluding hydrogens is 291 g/mol. The molecule has 0 atom stereocenters. The number of rotatable bonds is 6. The Morgan fingerprint density at radius 1 is 1.10 bits per heavy atom. The van der Waals surface area contributed by atoms with Gasteiger partial charge in [-0.1, -0.05) is 19.3 Å². The summed E-state index contributed by atoms with van der Waals surface area (Å²) in [4.78, 5) is 11.9. The van der Waals surface area contributed by atoms with Crippen LogP contribution >= 0.6 is 0 Å². The first-order chi connectivity index (χ1) is 9.99. The lowest BCUT2D eigenvalue weighted by atomic mass is 10.0. The summed E-state index contributed by atoms with van der Waals surface area (Å²) in [5.41, 5.74) is 0.437. The van der Waals surface area contributed by atoms with Crippen molar-refractivity contribution in [2.75, 3.05) is 5.75 Å². The van der Waals surface area contributed by atoms with Gasteiger partial charge in [-0.3, -0.25) is 4.79 Å². The van der Waals surface area contributed by atoms with Crippen molar-refractivity contribution in [1.29, 1.82) is 0 Å². The number of halogens is 1. The zero-order valence-corrected chi connectivity index (χ0v) is 12.9. The molecule has 0 aliphatic heterocycles. The quantitative estimate of drug-likeness (QED) is 0.755. The molecule has 1 saturated carbocycles. The number of Topliss-reactive ketones (excluding diaryl/α,β-unsaturated/α-hetero) is 1. The average molecular weight is 312 g/mol. The molecule has 21 heavy (non-hydrogen) atoms. The Hall–Kier alpha value is -1.23. The lowest BCUT2D eigenvalue weighted by Gasteiger charge is -2.21. The van der Waals surface area contributed by atoms with Crippen molar-refractivity contribution in [3.8, 4) is 0 Å². The maximum absolute atomic E-state index is 12.8. The van der Waals surface area contributed by atoms with E-state index in [1.807, 2.05) is 0 Å². The first-order valence-electron chi connectivity index (χ1n) is 7.49. The standard InChI is InChI=1S/C16H21FO3S/c17-14-10-8-13(9-11-14)16(18)7-4-12-21(19,20)15-5-2-1-3-6-15/h8-11,15H,1-7,12H2. The molecule has 1 aromatic carbocycles. The van der Waals surface area contributed by atoms with Gasteiger partial charge in [0.2, 0.25) is 0 Å². The molecule has 1 fully saturated rings. The Kier molecular flexibility index (Phi) is 5.51. The van der Waals surface area contributed by atoms with Crippen molar-refractivity contribution in [2.45, 2.75) is 50.2 Å². The fourth-order valence-electron chi connectivity index (χ4n) is 2.80. The minimum Gasteiger partial charge on any atom is -0.294 e. The largest absolute Gasteiger partial charge is 0.294 e. The molecule has 116 valence electrons. The number of hydrogen-bond acceptors (Lipinski definition) is 3. The van der Waals surface area contributed by atoms with Crippen LogP contribution in [0.4, 0.5) is 4.39 Å². The van der Waals surface area contributed by atoms with Crippen molar-refractivity contribution < 1.29 is 17.6 Å². The van der Waals surface area contributed by atoms with Crippen molar-refractivity contribution in [3.05, 3.63) is 35.6 Å². The van der Waals surface area contributed by atoms with Gasteiger partial charge in [-0.2, -0.15) is 0 Å². The van der Waals surface area contributed by atoms with E-state index in [9.17, 15) is 17.6 Å². The summed E-state index contributed by atoms with van der Waals surface area (Å²) < 4.78 is 37.1. The van der Waals surface area contributed by atoms with Gasteiger partial charge in [0.05, 0.1) is 11.0 Å². The van der Waals surface area contributed by atoms with Crippen molar-refractivity contribution >= 4 is 15.6 Å². The zero-order valence-electron chi connectivity index (χ0n) is 12.1. The molecule has 1 aliphatic carbocycles. The summed E-state index contributed by atoms with van der Waals surface area (Å²) in [5.74, 6) is -0.440. The topological polar surface area (TPSA) is 51.2 Å². The van der Waals surface area contributed by atoms with Crippen LogP contribution in [0.25, 0.3) is 0 Å². The van der Waals surface area contributed by atoms with Gasteiger partial charge in [-0.15, -0.1) is 0 Å². The van der Waals surface area contributed by atoms with Gasteiger partial charge >= 0.3 is 0 Å². The second kappa shape index (κ2) is 7.16. The second-order valence-corrected chi connectivity index (χ2v) is 8.06. The van der Waals surface area contributed by atoms with E-state index in [2.05, 4.69) is 0 Å². The minimum absolute atomic E-state index is 0.0740. The molecule has 0 bridgehead atoms. The van der Waals surface area contributed by atoms with Gasteiger partial charge in [-0.05, 0) is 43.5 Å². The number of sulfone groups is 1. The van der Waals surface area contributed by atoms with Gasteiger partial charge in [0.15, 0.2) is 15.6 Å². The first kappa shape index (κ1) is 16.1. The highest BCUT2D eigenvalue weighted by Gasteiger charge is 2.26. The summed E-state index contributed by atoms with van der Waals surface area (Å²) in [7, 11) is -3.08. The Balaban J connectivity index is 1.83. The molecule has 2 rings (SSSR count). The van der Waals surface area contributed by atoms with E-state index in [0.29, 0.717) is 12.0 Å². The smallest absolute Gasteiger partial charge is 0.162 e. The van der Waals surface area contributed by atoms with Crippen LogP contribution in [0.5, 0.6) is 0 Å². The van der Waals surface area contributed by atoms with Gasteiger partial charge in [0, 0.05) is 12.0 Å². The number of carbonyl (C=O) groups excluding carboxylic acids is 1. The van der Waals surface area contributed by atoms with Crippen LogP contribution in [-0.2, 0) is 9.84 Å². The number of carbonyl (C=O) groups is 1. The van der Waals surface area contributed by atoms with E-state index in [1.54, 1.807) is 0 Å². The van der Waals surface area contributed by atoms with Crippen LogP contribution in [0, 0.1) is 5.82 Å². The summed E-state index contributed by atoms with van der Waals surface area (Å²) in [5, 5.41) is -0.216. The fourth-order valence-corrected chi connectivity index (χ4v) is 4.74. The summed E-state index contributed by atoms with van der Waals surface area (Å²) in [6.45, 7) is 0. The van der Waals surface area contributed by atoms with E-state index >= 15 is 0 Å². The Labute approximate surface area is 125 Å². The van der Waals surface area contributed by atoms with Gasteiger partial charge in [-0.25, -0.2) is 12.8 Å². The van der Waals surface area contributed by atoms with Gasteiger partial charge in [0.25, 0.3) is 0 Å². The molecule has 0 spiro atoms. The lowest BCUT2D eigenvalue weighted by molar-refractivity contribution is 0.0982. The van der Waals surface area contributed by atoms with E-state index in [0.717, 1.165) is 32.1 Å². The van der Waals surface area contributed by atoms with Gasteiger partial charge < -0.3 is 0 Å². The average Bonchev–Trinajstić information content (AvgIpc) is 2.48. The lowest BCUT2D eigenvalue weighted by Crippen LogP contribution is -2.26. The van der Waals surface area contributed by atoms with Crippen molar-refractivity contribution in [1.82, 2.24) is 0 Å². The summed E-state index contributed by atoms with van der Waals surface area (Å²) >= 11 is 0. The molecular formula is C16H21FO3S. The maximum atomic E-state index is 12.8. The summed E-state index contributed by atoms with van der Waals surface area (Å²) in [6, 6.07) is 5.36. The molecule has 0 radical (unpaired) electrons. The Morgan fingerprint density at radius 3 is 2.33 bits per heavy atom. The molecule has 0 saturated heterocycles. The molecule has 1 aliphatic rings.